The zero-order valence-electron chi connectivity index (χ0n) is 14.0. The third kappa shape index (κ3) is 5.39. The summed E-state index contributed by atoms with van der Waals surface area (Å²) < 4.78 is 22.0. The molecular formula is C20H15ClFNO3S. The number of nitrogens with one attached hydrogen (secondary N) is 1. The zero-order chi connectivity index (χ0) is 19.2. The number of benzene rings is 3. The molecule has 0 aliphatic rings. The number of carbonyl (C=O) groups is 1. The second-order valence-corrected chi connectivity index (χ2v) is 6.88. The Morgan fingerprint density at radius 1 is 1.07 bits per heavy atom. The Hall–Kier alpha value is -2.70. The highest BCUT2D eigenvalue weighted by Gasteiger charge is 2.10. The minimum Gasteiger partial charge on any atom is -0.480 e. The van der Waals surface area contributed by atoms with Crippen molar-refractivity contribution in [3.8, 4) is 16.9 Å². The molecule has 0 aromatic heterocycles. The molecule has 138 valence electrons. The highest BCUT2D eigenvalue weighted by atomic mass is 35.5. The first-order valence-corrected chi connectivity index (χ1v) is 9.14. The minimum absolute atomic E-state index is 0.291. The monoisotopic (exact) mass is 403 g/mol. The summed E-state index contributed by atoms with van der Waals surface area (Å²) >= 11 is 7.03. The van der Waals surface area contributed by atoms with Crippen molar-refractivity contribution in [1.82, 2.24) is 0 Å². The van der Waals surface area contributed by atoms with Gasteiger partial charge >= 0.3 is 5.97 Å². The number of carboxylic acids is 1. The minimum atomic E-state index is -1.07. The van der Waals surface area contributed by atoms with Crippen LogP contribution in [0.3, 0.4) is 0 Å². The quantitative estimate of drug-likeness (QED) is 0.493. The predicted molar refractivity (Wildman–Crippen MR) is 106 cm³/mol. The molecule has 3 aromatic carbocycles. The first kappa shape index (κ1) is 19.1. The second-order valence-electron chi connectivity index (χ2n) is 5.57. The third-order valence-corrected chi connectivity index (χ3v) is 4.56. The van der Waals surface area contributed by atoms with Crippen LogP contribution in [0.15, 0.2) is 71.6 Å². The lowest BCUT2D eigenvalue weighted by Gasteiger charge is -2.14. The van der Waals surface area contributed by atoms with Crippen LogP contribution in [0.1, 0.15) is 0 Å². The fourth-order valence-corrected chi connectivity index (χ4v) is 3.42. The van der Waals surface area contributed by atoms with E-state index in [1.165, 1.54) is 12.1 Å². The highest BCUT2D eigenvalue weighted by Crippen LogP contribution is 2.34. The van der Waals surface area contributed by atoms with E-state index < -0.39 is 18.4 Å². The molecule has 0 spiro atoms. The molecule has 0 saturated heterocycles. The normalized spacial score (nSPS) is 10.4. The number of halogens is 2. The van der Waals surface area contributed by atoms with E-state index in [4.69, 9.17) is 21.4 Å². The van der Waals surface area contributed by atoms with Crippen molar-refractivity contribution in [2.24, 2.45) is 0 Å². The maximum atomic E-state index is 13.5. The maximum absolute atomic E-state index is 13.5. The van der Waals surface area contributed by atoms with Gasteiger partial charge < -0.3 is 14.6 Å². The summed E-state index contributed by atoms with van der Waals surface area (Å²) in [6.45, 7) is -0.462. The van der Waals surface area contributed by atoms with Gasteiger partial charge in [-0.05, 0) is 53.4 Å². The standard InChI is InChI=1S/C20H15ClFNO3S/c21-15-9-16(22)11-17(10-15)27-23-18-8-14(13-4-2-1-3-5-13)6-7-19(18)26-12-20(24)25/h1-11,23H,12H2,(H,24,25). The van der Waals surface area contributed by atoms with E-state index in [1.54, 1.807) is 12.1 Å². The molecule has 3 rings (SSSR count). The fraction of sp³-hybridized carbons (Fsp3) is 0.0500. The molecule has 0 amide bonds. The van der Waals surface area contributed by atoms with Gasteiger partial charge in [0, 0.05) is 9.92 Å². The number of aliphatic carboxylic acids is 1. The summed E-state index contributed by atoms with van der Waals surface area (Å²) in [7, 11) is 0. The van der Waals surface area contributed by atoms with Crippen LogP contribution in [0.25, 0.3) is 11.1 Å². The molecule has 0 heterocycles. The molecule has 0 aliphatic heterocycles. The van der Waals surface area contributed by atoms with Crippen molar-refractivity contribution in [1.29, 1.82) is 0 Å². The van der Waals surface area contributed by atoms with Gasteiger partial charge in [-0.25, -0.2) is 9.18 Å². The van der Waals surface area contributed by atoms with E-state index in [2.05, 4.69) is 4.72 Å². The molecule has 27 heavy (non-hydrogen) atoms. The second kappa shape index (κ2) is 8.79. The lowest BCUT2D eigenvalue weighted by atomic mass is 10.1. The van der Waals surface area contributed by atoms with Crippen LogP contribution in [-0.4, -0.2) is 17.7 Å². The lowest BCUT2D eigenvalue weighted by molar-refractivity contribution is -0.139. The molecule has 0 saturated carbocycles. The van der Waals surface area contributed by atoms with Crippen molar-refractivity contribution in [3.05, 3.63) is 77.6 Å². The number of ether oxygens (including phenoxy) is 1. The largest absolute Gasteiger partial charge is 0.480 e. The van der Waals surface area contributed by atoms with E-state index in [1.807, 2.05) is 42.5 Å². The molecule has 0 bridgehead atoms. The van der Waals surface area contributed by atoms with Crippen LogP contribution in [0.5, 0.6) is 5.75 Å². The van der Waals surface area contributed by atoms with E-state index in [0.29, 0.717) is 21.4 Å². The van der Waals surface area contributed by atoms with Gasteiger partial charge in [-0.3, -0.25) is 0 Å². The molecule has 3 aromatic rings. The average molecular weight is 404 g/mol. The summed E-state index contributed by atoms with van der Waals surface area (Å²) in [5.41, 5.74) is 2.51. The zero-order valence-corrected chi connectivity index (χ0v) is 15.6. The van der Waals surface area contributed by atoms with Crippen LogP contribution in [-0.2, 0) is 4.79 Å². The van der Waals surface area contributed by atoms with Gasteiger partial charge in [0.15, 0.2) is 6.61 Å². The van der Waals surface area contributed by atoms with Gasteiger partial charge in [-0.1, -0.05) is 48.0 Å². The Balaban J connectivity index is 1.87. The summed E-state index contributed by atoms with van der Waals surface area (Å²) in [5.74, 6) is -1.13. The van der Waals surface area contributed by atoms with Crippen LogP contribution in [0.2, 0.25) is 5.02 Å². The Labute approximate surface area is 165 Å². The van der Waals surface area contributed by atoms with Crippen molar-refractivity contribution in [2.75, 3.05) is 11.3 Å². The van der Waals surface area contributed by atoms with Gasteiger partial charge in [-0.2, -0.15) is 0 Å². The number of anilines is 1. The molecule has 2 N–H and O–H groups in total. The van der Waals surface area contributed by atoms with Crippen LogP contribution < -0.4 is 9.46 Å². The van der Waals surface area contributed by atoms with Gasteiger partial charge in [0.05, 0.1) is 5.69 Å². The van der Waals surface area contributed by atoms with Crippen molar-refractivity contribution in [3.63, 3.8) is 0 Å². The molecule has 0 aliphatic carbocycles. The van der Waals surface area contributed by atoms with Gasteiger partial charge in [-0.15, -0.1) is 0 Å². The topological polar surface area (TPSA) is 58.6 Å². The van der Waals surface area contributed by atoms with E-state index in [-0.39, 0.29) is 0 Å². The van der Waals surface area contributed by atoms with Gasteiger partial charge in [0.25, 0.3) is 0 Å². The van der Waals surface area contributed by atoms with Crippen LogP contribution in [0.4, 0.5) is 10.1 Å². The number of hydrogen-bond acceptors (Lipinski definition) is 4. The molecule has 4 nitrogen and oxygen atoms in total. The molecule has 0 unspecified atom stereocenters. The maximum Gasteiger partial charge on any atom is 0.341 e. The lowest BCUT2D eigenvalue weighted by Crippen LogP contribution is -2.10. The Bertz CT molecular complexity index is 933. The molecule has 0 fully saturated rings. The smallest absolute Gasteiger partial charge is 0.341 e. The number of carboxylic acid groups (broad SMARTS) is 1. The van der Waals surface area contributed by atoms with E-state index >= 15 is 0 Å². The first-order chi connectivity index (χ1) is 13.0. The Morgan fingerprint density at radius 3 is 2.56 bits per heavy atom. The van der Waals surface area contributed by atoms with Crippen LogP contribution >= 0.6 is 23.5 Å². The molecular weight excluding hydrogens is 389 g/mol. The van der Waals surface area contributed by atoms with Gasteiger partial charge in [0.1, 0.15) is 11.6 Å². The SMILES string of the molecule is O=C(O)COc1ccc(-c2ccccc2)cc1NSc1cc(F)cc(Cl)c1. The van der Waals surface area contributed by atoms with E-state index in [9.17, 15) is 9.18 Å². The third-order valence-electron chi connectivity index (χ3n) is 3.55. The summed E-state index contributed by atoms with van der Waals surface area (Å²) in [4.78, 5) is 11.4. The van der Waals surface area contributed by atoms with Crippen molar-refractivity contribution >= 4 is 35.2 Å². The summed E-state index contributed by atoms with van der Waals surface area (Å²) in [5, 5.41) is 9.15. The number of rotatable bonds is 7. The Kier molecular flexibility index (Phi) is 6.21. The number of hydrogen-bond donors (Lipinski definition) is 2. The van der Waals surface area contributed by atoms with Crippen LogP contribution in [0, 0.1) is 5.82 Å². The Morgan fingerprint density at radius 2 is 1.85 bits per heavy atom. The first-order valence-electron chi connectivity index (χ1n) is 7.94. The van der Waals surface area contributed by atoms with E-state index in [0.717, 1.165) is 23.1 Å². The fourth-order valence-electron chi connectivity index (χ4n) is 2.39. The van der Waals surface area contributed by atoms with Gasteiger partial charge in [0.2, 0.25) is 0 Å². The molecule has 0 atom stereocenters. The highest BCUT2D eigenvalue weighted by molar-refractivity contribution is 8.00. The van der Waals surface area contributed by atoms with Crippen molar-refractivity contribution < 1.29 is 19.0 Å². The molecule has 7 heteroatoms. The average Bonchev–Trinajstić information content (AvgIpc) is 2.65. The summed E-state index contributed by atoms with van der Waals surface area (Å²) in [6, 6.07) is 19.3. The van der Waals surface area contributed by atoms with Crippen molar-refractivity contribution in [2.45, 2.75) is 4.90 Å². The predicted octanol–water partition coefficient (Wildman–Crippen LogP) is 5.73. The molecule has 0 radical (unpaired) electrons. The summed E-state index contributed by atoms with van der Waals surface area (Å²) in [6.07, 6.45) is 0.